The first-order valence-electron chi connectivity index (χ1n) is 7.96. The molecule has 0 atom stereocenters. The van der Waals surface area contributed by atoms with Crippen molar-refractivity contribution in [2.24, 2.45) is 5.10 Å². The number of carbonyl (C=O) groups is 1. The van der Waals surface area contributed by atoms with Gasteiger partial charge in [0.25, 0.3) is 5.91 Å². The van der Waals surface area contributed by atoms with E-state index in [1.54, 1.807) is 28.9 Å². The van der Waals surface area contributed by atoms with Crippen LogP contribution in [-0.2, 0) is 17.9 Å². The number of hydrogen-bond acceptors (Lipinski definition) is 6. The molecule has 0 fully saturated rings. The summed E-state index contributed by atoms with van der Waals surface area (Å²) in [4.78, 5) is 13.1. The van der Waals surface area contributed by atoms with Crippen LogP contribution in [0.25, 0.3) is 0 Å². The molecule has 3 rings (SSSR count). The highest BCUT2D eigenvalue weighted by Gasteiger charge is 2.12. The van der Waals surface area contributed by atoms with Crippen LogP contribution in [0.3, 0.4) is 0 Å². The molecular formula is C16H16BrClN8O. The van der Waals surface area contributed by atoms with Gasteiger partial charge in [0.15, 0.2) is 5.82 Å². The van der Waals surface area contributed by atoms with E-state index in [0.29, 0.717) is 17.4 Å². The van der Waals surface area contributed by atoms with Crippen molar-refractivity contribution >= 4 is 39.7 Å². The lowest BCUT2D eigenvalue weighted by Crippen LogP contribution is -2.24. The number of benzene rings is 1. The van der Waals surface area contributed by atoms with Crippen molar-refractivity contribution < 1.29 is 4.79 Å². The number of halogens is 2. The van der Waals surface area contributed by atoms with Gasteiger partial charge in [-0.2, -0.15) is 15.0 Å². The number of aromatic nitrogens is 6. The molecule has 0 bridgehead atoms. The maximum atomic E-state index is 11.9. The van der Waals surface area contributed by atoms with Gasteiger partial charge >= 0.3 is 0 Å². The topological polar surface area (TPSA) is 103 Å². The Labute approximate surface area is 168 Å². The average Bonchev–Trinajstić information content (AvgIpc) is 3.17. The zero-order valence-electron chi connectivity index (χ0n) is 14.6. The summed E-state index contributed by atoms with van der Waals surface area (Å²) in [5.41, 5.74) is 5.09. The molecule has 11 heteroatoms. The molecule has 0 saturated carbocycles. The van der Waals surface area contributed by atoms with Crippen molar-refractivity contribution in [1.82, 2.24) is 35.4 Å². The smallest absolute Gasteiger partial charge is 0.263 e. The summed E-state index contributed by atoms with van der Waals surface area (Å²) in [6.07, 6.45) is 1.52. The summed E-state index contributed by atoms with van der Waals surface area (Å²) >= 11 is 9.29. The van der Waals surface area contributed by atoms with E-state index in [-0.39, 0.29) is 12.5 Å². The fourth-order valence-electron chi connectivity index (χ4n) is 2.26. The lowest BCUT2D eigenvalue weighted by molar-refractivity contribution is -0.122. The summed E-state index contributed by atoms with van der Waals surface area (Å²) in [5.74, 6) is 0.101. The van der Waals surface area contributed by atoms with Crippen molar-refractivity contribution in [3.05, 3.63) is 56.5 Å². The number of nitrogens with one attached hydrogen (secondary N) is 1. The van der Waals surface area contributed by atoms with E-state index in [2.05, 4.69) is 47.0 Å². The molecular weight excluding hydrogens is 436 g/mol. The molecule has 0 saturated heterocycles. The maximum absolute atomic E-state index is 11.9. The zero-order chi connectivity index (χ0) is 19.4. The van der Waals surface area contributed by atoms with Gasteiger partial charge in [-0.05, 0) is 52.7 Å². The van der Waals surface area contributed by atoms with Crippen LogP contribution in [0.4, 0.5) is 0 Å². The molecule has 1 N–H and O–H groups in total. The van der Waals surface area contributed by atoms with Crippen molar-refractivity contribution in [2.45, 2.75) is 26.9 Å². The van der Waals surface area contributed by atoms with Crippen LogP contribution < -0.4 is 5.43 Å². The Kier molecular flexibility index (Phi) is 5.97. The predicted molar refractivity (Wildman–Crippen MR) is 104 cm³/mol. The van der Waals surface area contributed by atoms with Gasteiger partial charge in [0, 0.05) is 5.02 Å². The first kappa shape index (κ1) is 19.2. The fourth-order valence-corrected chi connectivity index (χ4v) is 2.67. The van der Waals surface area contributed by atoms with Crippen molar-refractivity contribution in [3.63, 3.8) is 0 Å². The van der Waals surface area contributed by atoms with E-state index < -0.39 is 0 Å². The lowest BCUT2D eigenvalue weighted by atomic mass is 10.2. The molecule has 1 amide bonds. The zero-order valence-corrected chi connectivity index (χ0v) is 16.9. The SMILES string of the molecule is Cc1nn(Cc2nnn(CC(=O)NN=Cc3ccc(Cl)cc3)n2)c(C)c1Br. The molecule has 1 aromatic carbocycles. The Balaban J connectivity index is 1.54. The molecule has 2 heterocycles. The Morgan fingerprint density at radius 1 is 1.30 bits per heavy atom. The third-order valence-electron chi connectivity index (χ3n) is 3.64. The van der Waals surface area contributed by atoms with Gasteiger partial charge in [-0.3, -0.25) is 9.48 Å². The second kappa shape index (κ2) is 8.40. The minimum Gasteiger partial charge on any atom is -0.271 e. The monoisotopic (exact) mass is 450 g/mol. The van der Waals surface area contributed by atoms with Crippen LogP contribution in [0.1, 0.15) is 22.8 Å². The predicted octanol–water partition coefficient (Wildman–Crippen LogP) is 2.10. The largest absolute Gasteiger partial charge is 0.271 e. The van der Waals surface area contributed by atoms with E-state index in [0.717, 1.165) is 21.4 Å². The molecule has 0 aliphatic rings. The molecule has 0 aliphatic carbocycles. The van der Waals surface area contributed by atoms with Crippen LogP contribution in [-0.4, -0.2) is 42.1 Å². The number of hydrogen-bond donors (Lipinski definition) is 1. The summed E-state index contributed by atoms with van der Waals surface area (Å²) in [6.45, 7) is 4.13. The van der Waals surface area contributed by atoms with Crippen LogP contribution in [0.2, 0.25) is 5.02 Å². The third kappa shape index (κ3) is 4.98. The highest BCUT2D eigenvalue weighted by atomic mass is 79.9. The number of tetrazole rings is 1. The Bertz CT molecular complexity index is 979. The van der Waals surface area contributed by atoms with Gasteiger partial charge in [0.05, 0.1) is 22.1 Å². The van der Waals surface area contributed by atoms with Crippen LogP contribution in [0.5, 0.6) is 0 Å². The number of rotatable bonds is 6. The molecule has 0 aliphatic heterocycles. The van der Waals surface area contributed by atoms with E-state index in [9.17, 15) is 4.79 Å². The first-order chi connectivity index (χ1) is 12.9. The quantitative estimate of drug-likeness (QED) is 0.457. The highest BCUT2D eigenvalue weighted by molar-refractivity contribution is 9.10. The highest BCUT2D eigenvalue weighted by Crippen LogP contribution is 2.19. The number of amides is 1. The standard InChI is InChI=1S/C16H16BrClN8O/c1-10-16(17)11(2)25(22-10)8-14-20-24-26(23-14)9-15(27)21-19-7-12-3-5-13(18)6-4-12/h3-7H,8-9H2,1-2H3,(H,21,27). The molecule has 0 unspecified atom stereocenters. The first-order valence-corrected chi connectivity index (χ1v) is 9.13. The van der Waals surface area contributed by atoms with Gasteiger partial charge in [-0.1, -0.05) is 23.7 Å². The molecule has 9 nitrogen and oxygen atoms in total. The Hall–Kier alpha value is -2.59. The summed E-state index contributed by atoms with van der Waals surface area (Å²) < 4.78 is 2.73. The van der Waals surface area contributed by atoms with Crippen LogP contribution in [0.15, 0.2) is 33.8 Å². The fraction of sp³-hybridized carbons (Fsp3) is 0.250. The van der Waals surface area contributed by atoms with Gasteiger partial charge in [0.1, 0.15) is 13.1 Å². The summed E-state index contributed by atoms with van der Waals surface area (Å²) in [7, 11) is 0. The number of carbonyl (C=O) groups excluding carboxylic acids is 1. The second-order valence-corrected chi connectivity index (χ2v) is 6.95. The number of aryl methyl sites for hydroxylation is 1. The average molecular weight is 452 g/mol. The molecule has 0 spiro atoms. The van der Waals surface area contributed by atoms with E-state index in [1.807, 2.05) is 13.8 Å². The minimum absolute atomic E-state index is 0.0915. The van der Waals surface area contributed by atoms with Gasteiger partial charge in [-0.25, -0.2) is 5.43 Å². The number of hydrazone groups is 1. The van der Waals surface area contributed by atoms with Gasteiger partial charge < -0.3 is 0 Å². The van der Waals surface area contributed by atoms with E-state index in [1.165, 1.54) is 11.0 Å². The van der Waals surface area contributed by atoms with Crippen LogP contribution in [0, 0.1) is 13.8 Å². The maximum Gasteiger partial charge on any atom is 0.263 e. The molecule has 140 valence electrons. The van der Waals surface area contributed by atoms with Crippen molar-refractivity contribution in [1.29, 1.82) is 0 Å². The molecule has 3 aromatic rings. The minimum atomic E-state index is -0.363. The number of nitrogens with zero attached hydrogens (tertiary/aromatic N) is 7. The van der Waals surface area contributed by atoms with Crippen molar-refractivity contribution in [3.8, 4) is 0 Å². The summed E-state index contributed by atoms with van der Waals surface area (Å²) in [6, 6.07) is 7.07. The van der Waals surface area contributed by atoms with Crippen LogP contribution >= 0.6 is 27.5 Å². The lowest BCUT2D eigenvalue weighted by Gasteiger charge is -2.00. The van der Waals surface area contributed by atoms with Crippen molar-refractivity contribution in [2.75, 3.05) is 0 Å². The Morgan fingerprint density at radius 2 is 2.04 bits per heavy atom. The van der Waals surface area contributed by atoms with E-state index >= 15 is 0 Å². The molecule has 2 aromatic heterocycles. The summed E-state index contributed by atoms with van der Waals surface area (Å²) in [5, 5.41) is 21.0. The van der Waals surface area contributed by atoms with Gasteiger partial charge in [0.2, 0.25) is 0 Å². The van der Waals surface area contributed by atoms with E-state index in [4.69, 9.17) is 11.6 Å². The second-order valence-electron chi connectivity index (χ2n) is 5.72. The molecule has 27 heavy (non-hydrogen) atoms. The molecule has 0 radical (unpaired) electrons. The normalized spacial score (nSPS) is 11.3. The Morgan fingerprint density at radius 3 is 2.70 bits per heavy atom. The third-order valence-corrected chi connectivity index (χ3v) is 5.04. The van der Waals surface area contributed by atoms with Gasteiger partial charge in [-0.15, -0.1) is 10.2 Å².